The third kappa shape index (κ3) is 7.94. The maximum Gasteiger partial charge on any atom is 0.461 e. The molecule has 1 heterocycles. The van der Waals surface area contributed by atoms with Gasteiger partial charge >= 0.3 is 18.7 Å². The summed E-state index contributed by atoms with van der Waals surface area (Å²) in [5.41, 5.74) is 1.07. The number of rotatable bonds is 11. The number of anilines is 1. The Labute approximate surface area is 207 Å². The Hall–Kier alpha value is -3.61. The number of aliphatic hydroxyl groups is 1. The van der Waals surface area contributed by atoms with Crippen LogP contribution in [0.25, 0.3) is 0 Å². The normalized spacial score (nSPS) is 12.9. The van der Waals surface area contributed by atoms with Crippen LogP contribution in [0.4, 0.5) is 36.7 Å². The van der Waals surface area contributed by atoms with E-state index in [-0.39, 0.29) is 17.4 Å². The van der Waals surface area contributed by atoms with Crippen molar-refractivity contribution >= 4 is 5.95 Å². The molecule has 2 aromatic carbocycles. The molecule has 1 N–H and O–H groups in total. The van der Waals surface area contributed by atoms with Crippen LogP contribution in [0.5, 0.6) is 17.4 Å². The van der Waals surface area contributed by atoms with E-state index in [0.29, 0.717) is 5.75 Å². The fourth-order valence-electron chi connectivity index (χ4n) is 3.15. The van der Waals surface area contributed by atoms with Crippen LogP contribution >= 0.6 is 0 Å². The van der Waals surface area contributed by atoms with Crippen molar-refractivity contribution in [3.8, 4) is 17.4 Å². The quantitative estimate of drug-likeness (QED) is 0.305. The number of aliphatic hydroxyl groups excluding tert-OH is 1. The Morgan fingerprint density at radius 3 is 2.24 bits per heavy atom. The lowest BCUT2D eigenvalue weighted by Gasteiger charge is -2.27. The number of aryl methyl sites for hydroxylation is 1. The molecule has 0 spiro atoms. The van der Waals surface area contributed by atoms with Gasteiger partial charge in [0.1, 0.15) is 11.5 Å². The zero-order valence-electron chi connectivity index (χ0n) is 19.3. The predicted molar refractivity (Wildman–Crippen MR) is 119 cm³/mol. The van der Waals surface area contributed by atoms with Gasteiger partial charge in [0.25, 0.3) is 0 Å². The molecule has 0 aliphatic carbocycles. The first-order valence-corrected chi connectivity index (χ1v) is 10.9. The van der Waals surface area contributed by atoms with Crippen molar-refractivity contribution in [3.05, 3.63) is 71.9 Å². The zero-order chi connectivity index (χ0) is 27.2. The molecule has 0 amide bonds. The molecule has 0 saturated heterocycles. The summed E-state index contributed by atoms with van der Waals surface area (Å²) in [7, 11) is 0. The molecule has 1 unspecified atom stereocenters. The average molecular weight is 533 g/mol. The molecule has 1 aromatic heterocycles. The maximum absolute atomic E-state index is 13.3. The molecule has 13 heteroatoms. The van der Waals surface area contributed by atoms with Gasteiger partial charge in [0, 0.05) is 18.8 Å². The van der Waals surface area contributed by atoms with Gasteiger partial charge in [-0.15, -0.1) is 0 Å². The molecule has 200 valence electrons. The second kappa shape index (κ2) is 11.6. The van der Waals surface area contributed by atoms with E-state index in [9.17, 15) is 35.8 Å². The number of hydrogen-bond donors (Lipinski definition) is 1. The molecular formula is C24H22F7N3O3. The van der Waals surface area contributed by atoms with E-state index in [0.717, 1.165) is 29.0 Å². The summed E-state index contributed by atoms with van der Waals surface area (Å²) in [5.74, 6) is -0.473. The number of hydrogen-bond acceptors (Lipinski definition) is 6. The van der Waals surface area contributed by atoms with Crippen LogP contribution in [0.2, 0.25) is 0 Å². The highest BCUT2D eigenvalue weighted by Crippen LogP contribution is 2.29. The Balaban J connectivity index is 1.88. The number of aromatic nitrogens is 2. The first-order chi connectivity index (χ1) is 17.4. The predicted octanol–water partition coefficient (Wildman–Crippen LogP) is 6.00. The molecule has 0 radical (unpaired) electrons. The number of nitrogens with zero attached hydrogens (tertiary/aromatic N) is 3. The molecule has 1 atom stereocenters. The average Bonchev–Trinajstić information content (AvgIpc) is 2.83. The molecular weight excluding hydrogens is 511 g/mol. The van der Waals surface area contributed by atoms with E-state index in [4.69, 9.17) is 4.74 Å². The number of benzene rings is 2. The van der Waals surface area contributed by atoms with Crippen molar-refractivity contribution < 1.29 is 45.3 Å². The summed E-state index contributed by atoms with van der Waals surface area (Å²) in [4.78, 5) is 9.02. The van der Waals surface area contributed by atoms with Gasteiger partial charge in [-0.1, -0.05) is 31.2 Å². The fourth-order valence-corrected chi connectivity index (χ4v) is 3.15. The van der Waals surface area contributed by atoms with E-state index in [1.807, 2.05) is 13.0 Å². The highest BCUT2D eigenvalue weighted by atomic mass is 19.4. The summed E-state index contributed by atoms with van der Waals surface area (Å²) >= 11 is 0. The van der Waals surface area contributed by atoms with Crippen LogP contribution in [0.15, 0.2) is 60.8 Å². The van der Waals surface area contributed by atoms with E-state index >= 15 is 0 Å². The van der Waals surface area contributed by atoms with Crippen molar-refractivity contribution in [3.63, 3.8) is 0 Å². The van der Waals surface area contributed by atoms with E-state index in [1.54, 1.807) is 18.2 Å². The van der Waals surface area contributed by atoms with Crippen molar-refractivity contribution in [2.24, 2.45) is 0 Å². The van der Waals surface area contributed by atoms with Gasteiger partial charge in [0.2, 0.25) is 11.8 Å². The smallest absolute Gasteiger partial charge is 0.439 e. The zero-order valence-corrected chi connectivity index (χ0v) is 19.3. The van der Waals surface area contributed by atoms with Crippen molar-refractivity contribution in [1.82, 2.24) is 9.97 Å². The Kier molecular flexibility index (Phi) is 8.79. The monoisotopic (exact) mass is 533 g/mol. The van der Waals surface area contributed by atoms with Crippen LogP contribution in [-0.4, -0.2) is 46.4 Å². The Bertz CT molecular complexity index is 1180. The molecule has 0 saturated carbocycles. The van der Waals surface area contributed by atoms with Gasteiger partial charge in [-0.2, -0.15) is 35.7 Å². The number of ether oxygens (including phenoxy) is 2. The number of alkyl halides is 7. The molecule has 0 aliphatic heterocycles. The lowest BCUT2D eigenvalue weighted by atomic mass is 10.2. The van der Waals surface area contributed by atoms with Crippen LogP contribution in [0.1, 0.15) is 18.1 Å². The van der Waals surface area contributed by atoms with Gasteiger partial charge in [-0.3, -0.25) is 0 Å². The highest BCUT2D eigenvalue weighted by molar-refractivity contribution is 5.38. The van der Waals surface area contributed by atoms with Crippen LogP contribution in [0.3, 0.4) is 0 Å². The molecule has 3 aromatic rings. The largest absolute Gasteiger partial charge is 0.461 e. The van der Waals surface area contributed by atoms with Crippen LogP contribution in [0, 0.1) is 0 Å². The Morgan fingerprint density at radius 1 is 0.946 bits per heavy atom. The van der Waals surface area contributed by atoms with Gasteiger partial charge < -0.3 is 19.5 Å². The standard InChI is InChI=1S/C24H22F7N3O3/c1-2-15-5-3-7-17(11-15)36-20-9-10-32-22(33-20)34(14-19(35)23(27,28)29)13-16-6-4-8-18(12-16)37-24(30,31)21(25)26/h3-12,19,21,35H,2,13-14H2,1H3. The van der Waals surface area contributed by atoms with Gasteiger partial charge in [-0.05, 0) is 41.8 Å². The highest BCUT2D eigenvalue weighted by Gasteiger charge is 2.44. The van der Waals surface area contributed by atoms with Crippen LogP contribution < -0.4 is 14.4 Å². The molecule has 37 heavy (non-hydrogen) atoms. The SMILES string of the molecule is CCc1cccc(Oc2ccnc(N(Cc3cccc(OC(F)(F)C(F)F)c3)CC(O)C(F)(F)F)n2)c1. The minimum Gasteiger partial charge on any atom is -0.439 e. The van der Waals surface area contributed by atoms with Crippen molar-refractivity contribution in [2.45, 2.75) is 44.7 Å². The minimum absolute atomic E-state index is 0.00147. The molecule has 0 fully saturated rings. The lowest BCUT2D eigenvalue weighted by Crippen LogP contribution is -2.41. The summed E-state index contributed by atoms with van der Waals surface area (Å²) in [6, 6.07) is 12.9. The topological polar surface area (TPSA) is 67.7 Å². The van der Waals surface area contributed by atoms with E-state index in [1.165, 1.54) is 24.4 Å². The first kappa shape index (κ1) is 28.0. The first-order valence-electron chi connectivity index (χ1n) is 10.9. The Morgan fingerprint density at radius 2 is 1.59 bits per heavy atom. The summed E-state index contributed by atoms with van der Waals surface area (Å²) in [6.07, 6.45) is -14.7. The van der Waals surface area contributed by atoms with Crippen molar-refractivity contribution in [1.29, 1.82) is 0 Å². The minimum atomic E-state index is -4.97. The maximum atomic E-state index is 13.3. The van der Waals surface area contributed by atoms with Gasteiger partial charge in [0.05, 0.1) is 6.54 Å². The second-order valence-electron chi connectivity index (χ2n) is 7.85. The number of halogens is 7. The van der Waals surface area contributed by atoms with Crippen LogP contribution in [-0.2, 0) is 13.0 Å². The van der Waals surface area contributed by atoms with E-state index in [2.05, 4.69) is 14.7 Å². The fraction of sp³-hybridized carbons (Fsp3) is 0.333. The third-order valence-electron chi connectivity index (χ3n) is 4.98. The summed E-state index contributed by atoms with van der Waals surface area (Å²) in [6.45, 7) is 0.510. The van der Waals surface area contributed by atoms with Gasteiger partial charge in [0.15, 0.2) is 6.10 Å². The lowest BCUT2D eigenvalue weighted by molar-refractivity contribution is -0.253. The van der Waals surface area contributed by atoms with Crippen molar-refractivity contribution in [2.75, 3.05) is 11.4 Å². The van der Waals surface area contributed by atoms with E-state index < -0.39 is 43.7 Å². The molecule has 6 nitrogen and oxygen atoms in total. The third-order valence-corrected chi connectivity index (χ3v) is 4.98. The molecule has 0 bridgehead atoms. The second-order valence-corrected chi connectivity index (χ2v) is 7.85. The summed E-state index contributed by atoms with van der Waals surface area (Å²) in [5, 5.41) is 9.67. The molecule has 3 rings (SSSR count). The summed E-state index contributed by atoms with van der Waals surface area (Å²) < 4.78 is 101. The molecule has 0 aliphatic rings. The van der Waals surface area contributed by atoms with Gasteiger partial charge in [-0.25, -0.2) is 4.98 Å².